The Bertz CT molecular complexity index is 1030. The molecule has 5 rings (SSSR count). The van der Waals surface area contributed by atoms with Gasteiger partial charge in [-0.15, -0.1) is 5.10 Å². The Morgan fingerprint density at radius 2 is 1.87 bits per heavy atom. The second-order valence-electron chi connectivity index (χ2n) is 7.99. The van der Waals surface area contributed by atoms with Crippen LogP contribution in [-0.4, -0.2) is 62.6 Å². The number of urea groups is 1. The summed E-state index contributed by atoms with van der Waals surface area (Å²) in [5.74, 6) is 2.72. The van der Waals surface area contributed by atoms with Crippen LogP contribution >= 0.6 is 11.6 Å². The molecular weight excluding hydrogens is 418 g/mol. The summed E-state index contributed by atoms with van der Waals surface area (Å²) in [6.45, 7) is 4.28. The minimum atomic E-state index is -0.172. The molecule has 0 spiro atoms. The van der Waals surface area contributed by atoms with Crippen molar-refractivity contribution in [3.05, 3.63) is 59.1 Å². The Labute approximate surface area is 184 Å². The van der Waals surface area contributed by atoms with Gasteiger partial charge in [0.05, 0.1) is 0 Å². The number of hydrogen-bond acceptors (Lipinski definition) is 6. The molecule has 10 heteroatoms. The number of H-pyrrole nitrogens is 1. The fourth-order valence-electron chi connectivity index (χ4n) is 4.38. The maximum atomic E-state index is 12.4. The van der Waals surface area contributed by atoms with E-state index in [4.69, 9.17) is 16.3 Å². The molecule has 9 nitrogen and oxygen atoms in total. The summed E-state index contributed by atoms with van der Waals surface area (Å²) >= 11 is 5.94. The Balaban J connectivity index is 1.14. The monoisotopic (exact) mass is 439 g/mol. The third-order valence-corrected chi connectivity index (χ3v) is 6.02. The number of aromatic amines is 1. The van der Waals surface area contributed by atoms with Gasteiger partial charge in [0.15, 0.2) is 0 Å². The number of tetrazole rings is 1. The molecule has 31 heavy (non-hydrogen) atoms. The molecule has 2 amide bonds. The fourth-order valence-corrected chi connectivity index (χ4v) is 4.50. The predicted octanol–water partition coefficient (Wildman–Crippen LogP) is 3.24. The van der Waals surface area contributed by atoms with E-state index in [0.29, 0.717) is 16.9 Å². The summed E-state index contributed by atoms with van der Waals surface area (Å²) in [5, 5.41) is 16.7. The van der Waals surface area contributed by atoms with Crippen molar-refractivity contribution >= 4 is 23.6 Å². The van der Waals surface area contributed by atoms with Crippen molar-refractivity contribution in [1.29, 1.82) is 0 Å². The van der Waals surface area contributed by atoms with Crippen molar-refractivity contribution < 1.29 is 9.53 Å². The van der Waals surface area contributed by atoms with E-state index in [1.165, 1.54) is 5.56 Å². The van der Waals surface area contributed by atoms with E-state index in [1.54, 1.807) is 0 Å². The predicted molar refractivity (Wildman–Crippen MR) is 115 cm³/mol. The number of carbonyl (C=O) groups is 1. The van der Waals surface area contributed by atoms with Gasteiger partial charge in [-0.2, -0.15) is 5.21 Å². The first-order chi connectivity index (χ1) is 15.1. The Morgan fingerprint density at radius 1 is 1.10 bits per heavy atom. The van der Waals surface area contributed by atoms with Gasteiger partial charge in [-0.05, 0) is 59.0 Å². The van der Waals surface area contributed by atoms with Crippen molar-refractivity contribution in [2.45, 2.75) is 6.54 Å². The molecule has 160 valence electrons. The van der Waals surface area contributed by atoms with E-state index >= 15 is 0 Å². The van der Waals surface area contributed by atoms with Crippen LogP contribution in [0.5, 0.6) is 11.5 Å². The lowest BCUT2D eigenvalue weighted by Gasteiger charge is -2.21. The van der Waals surface area contributed by atoms with Gasteiger partial charge in [0.25, 0.3) is 5.95 Å². The van der Waals surface area contributed by atoms with Crippen LogP contribution in [0.1, 0.15) is 5.56 Å². The molecule has 0 radical (unpaired) electrons. The van der Waals surface area contributed by atoms with Crippen molar-refractivity contribution in [3.8, 4) is 11.5 Å². The lowest BCUT2D eigenvalue weighted by Crippen LogP contribution is -2.36. The fraction of sp³-hybridized carbons (Fsp3) is 0.333. The molecular formula is C21H22ClN7O2. The van der Waals surface area contributed by atoms with E-state index < -0.39 is 0 Å². The van der Waals surface area contributed by atoms with Crippen LogP contribution in [0.4, 0.5) is 10.7 Å². The van der Waals surface area contributed by atoms with Crippen LogP contribution in [0.3, 0.4) is 0 Å². The number of carbonyl (C=O) groups excluding carboxylic acids is 1. The highest BCUT2D eigenvalue weighted by Crippen LogP contribution is 2.32. The molecule has 2 aromatic carbocycles. The molecule has 0 aliphatic carbocycles. The normalized spacial score (nSPS) is 20.6. The van der Waals surface area contributed by atoms with Gasteiger partial charge >= 0.3 is 6.03 Å². The van der Waals surface area contributed by atoms with Crippen LogP contribution in [0.2, 0.25) is 5.02 Å². The Hall–Kier alpha value is -3.17. The molecule has 2 saturated heterocycles. The van der Waals surface area contributed by atoms with Crippen LogP contribution in [0.25, 0.3) is 0 Å². The van der Waals surface area contributed by atoms with Gasteiger partial charge in [-0.3, -0.25) is 10.2 Å². The highest BCUT2D eigenvalue weighted by Gasteiger charge is 2.41. The number of aromatic nitrogens is 4. The standard InChI is InChI=1S/C21H22ClN7O2/c22-17-4-6-18(7-5-17)31-19-3-1-2-14(8-19)9-28-10-15-12-29(13-16(15)11-28)21(30)23-20-24-26-27-25-20/h1-8,15-16H,9-13H2,(H2,23,24,25,26,27,30). The van der Waals surface area contributed by atoms with Crippen LogP contribution in [0.15, 0.2) is 48.5 Å². The Morgan fingerprint density at radius 3 is 2.58 bits per heavy atom. The number of fused-ring (bicyclic) bond motifs is 1. The topological polar surface area (TPSA) is 99.3 Å². The maximum Gasteiger partial charge on any atom is 0.324 e. The largest absolute Gasteiger partial charge is 0.457 e. The van der Waals surface area contributed by atoms with Gasteiger partial charge in [0, 0.05) is 37.7 Å². The summed E-state index contributed by atoms with van der Waals surface area (Å²) in [6, 6.07) is 15.3. The molecule has 3 aromatic rings. The van der Waals surface area contributed by atoms with E-state index in [9.17, 15) is 4.79 Å². The van der Waals surface area contributed by atoms with Crippen LogP contribution in [0, 0.1) is 11.8 Å². The lowest BCUT2D eigenvalue weighted by atomic mass is 10.0. The van der Waals surface area contributed by atoms with Crippen molar-refractivity contribution in [2.75, 3.05) is 31.5 Å². The molecule has 2 unspecified atom stereocenters. The number of hydrogen-bond donors (Lipinski definition) is 2. The highest BCUT2D eigenvalue weighted by molar-refractivity contribution is 6.30. The van der Waals surface area contributed by atoms with Crippen molar-refractivity contribution in [1.82, 2.24) is 30.4 Å². The molecule has 2 aliphatic heterocycles. The summed E-state index contributed by atoms with van der Waals surface area (Å²) in [4.78, 5) is 16.7. The molecule has 2 atom stereocenters. The first kappa shape index (κ1) is 19.8. The molecule has 1 aromatic heterocycles. The number of rotatable bonds is 5. The van der Waals surface area contributed by atoms with Crippen molar-refractivity contribution in [2.24, 2.45) is 11.8 Å². The number of nitrogens with zero attached hydrogens (tertiary/aromatic N) is 5. The zero-order valence-corrected chi connectivity index (χ0v) is 17.5. The SMILES string of the molecule is O=C(Nc1nn[nH]n1)N1CC2CN(Cc3cccc(Oc4ccc(Cl)cc4)c3)CC2C1. The van der Waals surface area contributed by atoms with E-state index in [0.717, 1.165) is 44.2 Å². The number of likely N-dealkylation sites (tertiary alicyclic amines) is 2. The molecule has 0 bridgehead atoms. The number of ether oxygens (including phenoxy) is 1. The molecule has 2 fully saturated rings. The third-order valence-electron chi connectivity index (χ3n) is 5.77. The zero-order chi connectivity index (χ0) is 21.2. The number of amides is 2. The van der Waals surface area contributed by atoms with Gasteiger partial charge in [-0.1, -0.05) is 28.8 Å². The minimum Gasteiger partial charge on any atom is -0.457 e. The van der Waals surface area contributed by atoms with Gasteiger partial charge in [0.2, 0.25) is 0 Å². The minimum absolute atomic E-state index is 0.172. The lowest BCUT2D eigenvalue weighted by molar-refractivity contribution is 0.211. The van der Waals surface area contributed by atoms with Gasteiger partial charge in [-0.25, -0.2) is 4.79 Å². The first-order valence-electron chi connectivity index (χ1n) is 10.2. The first-order valence-corrected chi connectivity index (χ1v) is 10.5. The number of benzene rings is 2. The zero-order valence-electron chi connectivity index (χ0n) is 16.7. The van der Waals surface area contributed by atoms with Crippen molar-refractivity contribution in [3.63, 3.8) is 0 Å². The molecule has 2 aliphatic rings. The van der Waals surface area contributed by atoms with Gasteiger partial charge in [0.1, 0.15) is 11.5 Å². The van der Waals surface area contributed by atoms with Crippen LogP contribution in [-0.2, 0) is 6.54 Å². The van der Waals surface area contributed by atoms with E-state index in [-0.39, 0.29) is 12.0 Å². The average Bonchev–Trinajstić information content (AvgIpc) is 3.47. The second-order valence-corrected chi connectivity index (χ2v) is 8.42. The molecule has 2 N–H and O–H groups in total. The van der Waals surface area contributed by atoms with Gasteiger partial charge < -0.3 is 9.64 Å². The summed E-state index contributed by atoms with van der Waals surface area (Å²) < 4.78 is 5.95. The summed E-state index contributed by atoms with van der Waals surface area (Å²) in [7, 11) is 0. The maximum absolute atomic E-state index is 12.4. The average molecular weight is 440 g/mol. The summed E-state index contributed by atoms with van der Waals surface area (Å²) in [5.41, 5.74) is 1.21. The summed E-state index contributed by atoms with van der Waals surface area (Å²) in [6.07, 6.45) is 0. The quantitative estimate of drug-likeness (QED) is 0.633. The third kappa shape index (κ3) is 4.62. The van der Waals surface area contributed by atoms with E-state index in [2.05, 4.69) is 43.0 Å². The second kappa shape index (κ2) is 8.52. The molecule has 3 heterocycles. The number of halogens is 1. The highest BCUT2D eigenvalue weighted by atomic mass is 35.5. The molecule has 0 saturated carbocycles. The Kier molecular flexibility index (Phi) is 5.44. The van der Waals surface area contributed by atoms with Crippen LogP contribution < -0.4 is 10.1 Å². The smallest absolute Gasteiger partial charge is 0.324 e. The van der Waals surface area contributed by atoms with E-state index in [1.807, 2.05) is 41.3 Å². The number of anilines is 1. The number of nitrogens with one attached hydrogen (secondary N) is 2.